The van der Waals surface area contributed by atoms with Crippen molar-refractivity contribution in [3.8, 4) is 11.5 Å². The average Bonchev–Trinajstić information content (AvgIpc) is 2.66. The lowest BCUT2D eigenvalue weighted by molar-refractivity contribution is 0.104. The van der Waals surface area contributed by atoms with Crippen LogP contribution in [0, 0.1) is 6.92 Å². The Kier molecular flexibility index (Phi) is 4.35. The Hall–Kier alpha value is -2.85. The molecular formula is C21H16ClNO3. The minimum absolute atomic E-state index is 0.137. The predicted molar refractivity (Wildman–Crippen MR) is 102 cm³/mol. The van der Waals surface area contributed by atoms with Crippen molar-refractivity contribution in [3.63, 3.8) is 0 Å². The van der Waals surface area contributed by atoms with Crippen LogP contribution in [-0.4, -0.2) is 24.0 Å². The number of ether oxygens (including phenoxy) is 2. The van der Waals surface area contributed by atoms with E-state index in [1.807, 2.05) is 31.2 Å². The Balaban J connectivity index is 1.62. The van der Waals surface area contributed by atoms with Crippen LogP contribution in [0.5, 0.6) is 11.5 Å². The second kappa shape index (κ2) is 6.81. The van der Waals surface area contributed by atoms with Gasteiger partial charge in [0.15, 0.2) is 17.3 Å². The van der Waals surface area contributed by atoms with Gasteiger partial charge in [-0.3, -0.25) is 4.79 Å². The number of rotatable bonds is 3. The van der Waals surface area contributed by atoms with Gasteiger partial charge in [-0.25, -0.2) is 4.98 Å². The van der Waals surface area contributed by atoms with Gasteiger partial charge < -0.3 is 9.47 Å². The van der Waals surface area contributed by atoms with E-state index in [4.69, 9.17) is 21.1 Å². The summed E-state index contributed by atoms with van der Waals surface area (Å²) in [6.07, 6.45) is 3.19. The predicted octanol–water partition coefficient (Wildman–Crippen LogP) is 4.86. The number of hydrogen-bond donors (Lipinski definition) is 0. The van der Waals surface area contributed by atoms with Gasteiger partial charge in [-0.05, 0) is 55.5 Å². The lowest BCUT2D eigenvalue weighted by Gasteiger charge is -2.18. The summed E-state index contributed by atoms with van der Waals surface area (Å²) in [6.45, 7) is 3.03. The van der Waals surface area contributed by atoms with Gasteiger partial charge in [0.1, 0.15) is 18.4 Å². The van der Waals surface area contributed by atoms with Gasteiger partial charge in [0, 0.05) is 16.5 Å². The van der Waals surface area contributed by atoms with Crippen molar-refractivity contribution in [2.24, 2.45) is 0 Å². The number of allylic oxidation sites excluding steroid dienone is 1. The summed E-state index contributed by atoms with van der Waals surface area (Å²) in [5.41, 5.74) is 3.21. The zero-order valence-electron chi connectivity index (χ0n) is 14.2. The lowest BCUT2D eigenvalue weighted by atomic mass is 10.1. The number of ketones is 1. The topological polar surface area (TPSA) is 48.4 Å². The van der Waals surface area contributed by atoms with Crippen molar-refractivity contribution >= 4 is 34.4 Å². The maximum Gasteiger partial charge on any atom is 0.185 e. The van der Waals surface area contributed by atoms with Gasteiger partial charge in [0.05, 0.1) is 5.52 Å². The van der Waals surface area contributed by atoms with Crippen molar-refractivity contribution in [1.82, 2.24) is 4.98 Å². The van der Waals surface area contributed by atoms with Crippen LogP contribution in [0.2, 0.25) is 5.15 Å². The van der Waals surface area contributed by atoms with Crippen LogP contribution in [0.15, 0.2) is 48.5 Å². The molecule has 0 spiro atoms. The Labute approximate surface area is 156 Å². The first-order valence-corrected chi connectivity index (χ1v) is 8.67. The summed E-state index contributed by atoms with van der Waals surface area (Å²) < 4.78 is 11.0. The molecule has 3 aromatic rings. The molecule has 0 radical (unpaired) electrons. The third-order valence-corrected chi connectivity index (χ3v) is 4.49. The highest BCUT2D eigenvalue weighted by Crippen LogP contribution is 2.31. The first kappa shape index (κ1) is 16.6. The Bertz CT molecular complexity index is 1040. The van der Waals surface area contributed by atoms with Crippen molar-refractivity contribution in [3.05, 3.63) is 70.4 Å². The van der Waals surface area contributed by atoms with Crippen LogP contribution in [0.3, 0.4) is 0 Å². The Morgan fingerprint density at radius 2 is 1.88 bits per heavy atom. The third-order valence-electron chi connectivity index (χ3n) is 4.19. The summed E-state index contributed by atoms with van der Waals surface area (Å²) >= 11 is 6.26. The van der Waals surface area contributed by atoms with Crippen LogP contribution in [0.25, 0.3) is 17.0 Å². The average molecular weight is 366 g/mol. The SMILES string of the molecule is Cc1ccc2nc(Cl)c(C=CC(=O)c3ccc4c(c3)OCCO4)cc2c1. The number of carbonyl (C=O) groups excluding carboxylic acids is 1. The van der Waals surface area contributed by atoms with Crippen molar-refractivity contribution in [2.45, 2.75) is 6.92 Å². The molecule has 0 amide bonds. The fourth-order valence-electron chi connectivity index (χ4n) is 2.86. The van der Waals surface area contributed by atoms with E-state index in [0.717, 1.165) is 16.5 Å². The molecule has 4 nitrogen and oxygen atoms in total. The summed E-state index contributed by atoms with van der Waals surface area (Å²) in [4.78, 5) is 16.9. The second-order valence-corrected chi connectivity index (χ2v) is 6.48. The van der Waals surface area contributed by atoms with E-state index in [2.05, 4.69) is 4.98 Å². The fraction of sp³-hybridized carbons (Fsp3) is 0.143. The first-order valence-electron chi connectivity index (χ1n) is 8.29. The molecule has 130 valence electrons. The normalized spacial score (nSPS) is 13.3. The molecule has 0 unspecified atom stereocenters. The van der Waals surface area contributed by atoms with E-state index in [1.54, 1.807) is 24.3 Å². The molecule has 0 N–H and O–H groups in total. The van der Waals surface area contributed by atoms with Crippen molar-refractivity contribution < 1.29 is 14.3 Å². The molecule has 4 rings (SSSR count). The van der Waals surface area contributed by atoms with E-state index >= 15 is 0 Å². The Morgan fingerprint density at radius 1 is 1.08 bits per heavy atom. The molecule has 0 aliphatic carbocycles. The smallest absolute Gasteiger partial charge is 0.185 e. The molecule has 1 aliphatic rings. The van der Waals surface area contributed by atoms with Crippen LogP contribution >= 0.6 is 11.6 Å². The van der Waals surface area contributed by atoms with Gasteiger partial charge >= 0.3 is 0 Å². The van der Waals surface area contributed by atoms with E-state index in [1.165, 1.54) is 6.08 Å². The van der Waals surface area contributed by atoms with Gasteiger partial charge in [0.25, 0.3) is 0 Å². The number of pyridine rings is 1. The molecule has 0 bridgehead atoms. The van der Waals surface area contributed by atoms with Crippen LogP contribution in [-0.2, 0) is 0 Å². The van der Waals surface area contributed by atoms with Gasteiger partial charge in [-0.15, -0.1) is 0 Å². The molecule has 2 heterocycles. The molecule has 0 fully saturated rings. The number of halogens is 1. The molecule has 1 aliphatic heterocycles. The summed E-state index contributed by atoms with van der Waals surface area (Å²) in [7, 11) is 0. The molecule has 5 heteroatoms. The first-order chi connectivity index (χ1) is 12.6. The molecule has 2 aromatic carbocycles. The molecule has 0 saturated carbocycles. The zero-order valence-corrected chi connectivity index (χ0v) is 14.9. The summed E-state index contributed by atoms with van der Waals surface area (Å²) in [5.74, 6) is 1.12. The monoisotopic (exact) mass is 365 g/mol. The molecule has 0 saturated heterocycles. The van der Waals surface area contributed by atoms with Gasteiger partial charge in [-0.2, -0.15) is 0 Å². The van der Waals surface area contributed by atoms with Crippen LogP contribution < -0.4 is 9.47 Å². The molecule has 1 aromatic heterocycles. The number of aryl methyl sites for hydroxylation is 1. The minimum atomic E-state index is -0.137. The van der Waals surface area contributed by atoms with Crippen molar-refractivity contribution in [1.29, 1.82) is 0 Å². The van der Waals surface area contributed by atoms with Crippen molar-refractivity contribution in [2.75, 3.05) is 13.2 Å². The standard InChI is InChI=1S/C21H16ClNO3/c1-13-2-5-17-16(10-13)11-15(21(22)23-17)3-6-18(24)14-4-7-19-20(12-14)26-9-8-25-19/h2-7,10-12H,8-9H2,1H3. The third kappa shape index (κ3) is 3.28. The van der Waals surface area contributed by atoms with Crippen LogP contribution in [0.4, 0.5) is 0 Å². The highest BCUT2D eigenvalue weighted by Gasteiger charge is 2.14. The second-order valence-electron chi connectivity index (χ2n) is 6.12. The maximum atomic E-state index is 12.5. The van der Waals surface area contributed by atoms with Crippen LogP contribution in [0.1, 0.15) is 21.5 Å². The number of carbonyl (C=O) groups is 1. The highest BCUT2D eigenvalue weighted by atomic mass is 35.5. The van der Waals surface area contributed by atoms with Gasteiger partial charge in [-0.1, -0.05) is 23.2 Å². The number of nitrogens with zero attached hydrogens (tertiary/aromatic N) is 1. The number of fused-ring (bicyclic) bond motifs is 2. The lowest BCUT2D eigenvalue weighted by Crippen LogP contribution is -2.15. The Morgan fingerprint density at radius 3 is 2.73 bits per heavy atom. The van der Waals surface area contributed by atoms with E-state index in [9.17, 15) is 4.79 Å². The summed E-state index contributed by atoms with van der Waals surface area (Å²) in [6, 6.07) is 13.1. The zero-order chi connectivity index (χ0) is 18.1. The number of hydrogen-bond acceptors (Lipinski definition) is 4. The summed E-state index contributed by atoms with van der Waals surface area (Å²) in [5, 5.41) is 1.36. The number of aromatic nitrogens is 1. The molecule has 0 atom stereocenters. The van der Waals surface area contributed by atoms with E-state index in [-0.39, 0.29) is 5.78 Å². The van der Waals surface area contributed by atoms with E-state index in [0.29, 0.717) is 41.0 Å². The fourth-order valence-corrected chi connectivity index (χ4v) is 3.07. The molecular weight excluding hydrogens is 350 g/mol. The maximum absolute atomic E-state index is 12.5. The number of benzene rings is 2. The van der Waals surface area contributed by atoms with E-state index < -0.39 is 0 Å². The quantitative estimate of drug-likeness (QED) is 0.377. The molecule has 26 heavy (non-hydrogen) atoms. The van der Waals surface area contributed by atoms with Gasteiger partial charge in [0.2, 0.25) is 0 Å². The highest BCUT2D eigenvalue weighted by molar-refractivity contribution is 6.31. The minimum Gasteiger partial charge on any atom is -0.486 e. The largest absolute Gasteiger partial charge is 0.486 e.